The van der Waals surface area contributed by atoms with Crippen molar-refractivity contribution in [1.82, 2.24) is 9.62 Å². The molecular formula is C20H29N3O4S. The first-order valence-corrected chi connectivity index (χ1v) is 11.5. The van der Waals surface area contributed by atoms with Gasteiger partial charge in [0.1, 0.15) is 5.54 Å². The first-order valence-electron chi connectivity index (χ1n) is 9.69. The lowest BCUT2D eigenvalue weighted by Gasteiger charge is -2.47. The van der Waals surface area contributed by atoms with Crippen LogP contribution in [0.2, 0.25) is 0 Å². The molecule has 2 amide bonds. The van der Waals surface area contributed by atoms with E-state index in [0.29, 0.717) is 5.69 Å². The summed E-state index contributed by atoms with van der Waals surface area (Å²) < 4.78 is 25.4. The molecule has 0 aromatic heterocycles. The van der Waals surface area contributed by atoms with E-state index in [1.54, 1.807) is 6.92 Å². The van der Waals surface area contributed by atoms with Crippen LogP contribution in [0.25, 0.3) is 0 Å². The van der Waals surface area contributed by atoms with E-state index in [4.69, 9.17) is 0 Å². The molecule has 1 saturated carbocycles. The van der Waals surface area contributed by atoms with Crippen molar-refractivity contribution >= 4 is 27.5 Å². The molecule has 1 atom stereocenters. The Balaban J connectivity index is 2.03. The average Bonchev–Trinajstić information content (AvgIpc) is 3.08. The molecule has 1 aliphatic heterocycles. The molecule has 0 bridgehead atoms. The molecule has 7 nitrogen and oxygen atoms in total. The Morgan fingerprint density at radius 1 is 1.21 bits per heavy atom. The Hall–Kier alpha value is -1.93. The summed E-state index contributed by atoms with van der Waals surface area (Å²) in [5, 5.41) is 3.06. The van der Waals surface area contributed by atoms with Gasteiger partial charge in [0.15, 0.2) is 0 Å². The van der Waals surface area contributed by atoms with Crippen molar-refractivity contribution in [3.63, 3.8) is 0 Å². The van der Waals surface area contributed by atoms with E-state index in [2.05, 4.69) is 5.32 Å². The van der Waals surface area contributed by atoms with E-state index in [1.807, 2.05) is 32.0 Å². The van der Waals surface area contributed by atoms with Gasteiger partial charge in [0.05, 0.1) is 12.8 Å². The summed E-state index contributed by atoms with van der Waals surface area (Å²) in [4.78, 5) is 27.9. The maximum Gasteiger partial charge on any atom is 0.247 e. The van der Waals surface area contributed by atoms with Gasteiger partial charge in [-0.25, -0.2) is 8.42 Å². The smallest absolute Gasteiger partial charge is 0.247 e. The number of carbonyl (C=O) groups is 2. The molecule has 2 aliphatic rings. The predicted octanol–water partition coefficient (Wildman–Crippen LogP) is 1.73. The summed E-state index contributed by atoms with van der Waals surface area (Å²) in [6.45, 7) is 5.19. The lowest BCUT2D eigenvalue weighted by atomic mass is 9.93. The number of rotatable bonds is 4. The van der Waals surface area contributed by atoms with Gasteiger partial charge in [0.2, 0.25) is 21.8 Å². The summed E-state index contributed by atoms with van der Waals surface area (Å²) in [5.74, 6) is -0.700. The van der Waals surface area contributed by atoms with Crippen LogP contribution in [0.3, 0.4) is 0 Å². The third-order valence-corrected chi connectivity index (χ3v) is 6.98. The first kappa shape index (κ1) is 20.8. The fourth-order valence-electron chi connectivity index (χ4n) is 4.24. The van der Waals surface area contributed by atoms with Gasteiger partial charge in [-0.05, 0) is 45.2 Å². The van der Waals surface area contributed by atoms with Gasteiger partial charge in [-0.1, -0.05) is 30.5 Å². The number of nitrogens with zero attached hydrogens (tertiary/aromatic N) is 2. The van der Waals surface area contributed by atoms with Crippen LogP contribution in [-0.4, -0.2) is 55.5 Å². The zero-order chi connectivity index (χ0) is 20.7. The number of hydrogen-bond acceptors (Lipinski definition) is 4. The highest BCUT2D eigenvalue weighted by Gasteiger charge is 2.51. The zero-order valence-electron chi connectivity index (χ0n) is 17.0. The Bertz CT molecular complexity index is 893. The second-order valence-electron chi connectivity index (χ2n) is 8.28. The minimum atomic E-state index is -3.61. The van der Waals surface area contributed by atoms with Crippen molar-refractivity contribution in [3.8, 4) is 0 Å². The monoisotopic (exact) mass is 407 g/mol. The fraction of sp³-hybridized carbons (Fsp3) is 0.600. The number of carbonyl (C=O) groups excluding carboxylic acids is 2. The second kappa shape index (κ2) is 7.48. The molecule has 8 heteroatoms. The van der Waals surface area contributed by atoms with Crippen molar-refractivity contribution < 1.29 is 18.0 Å². The Morgan fingerprint density at radius 2 is 1.86 bits per heavy atom. The number of hydrogen-bond donors (Lipinski definition) is 1. The Labute approximate surface area is 167 Å². The molecule has 1 aromatic carbocycles. The standard InChI is InChI=1S/C20H29N3O4S/c1-14-9-10-17(15(2)11-14)23-18(24)12-22(28(4,26)27)13-20(23,3)19(25)21-16-7-5-6-8-16/h9-11,16H,5-8,12-13H2,1-4H3,(H,21,25)/t20-/m1/s1. The molecule has 1 heterocycles. The van der Waals surface area contributed by atoms with Gasteiger partial charge in [-0.15, -0.1) is 0 Å². The van der Waals surface area contributed by atoms with Crippen molar-refractivity contribution in [2.75, 3.05) is 24.2 Å². The number of aryl methyl sites for hydroxylation is 2. The largest absolute Gasteiger partial charge is 0.351 e. The number of amides is 2. The van der Waals surface area contributed by atoms with Gasteiger partial charge >= 0.3 is 0 Å². The summed E-state index contributed by atoms with van der Waals surface area (Å²) in [5.41, 5.74) is 1.26. The van der Waals surface area contributed by atoms with E-state index >= 15 is 0 Å². The third-order valence-electron chi connectivity index (χ3n) is 5.78. The first-order chi connectivity index (χ1) is 13.0. The summed E-state index contributed by atoms with van der Waals surface area (Å²) in [7, 11) is -3.61. The molecule has 154 valence electrons. The summed E-state index contributed by atoms with van der Waals surface area (Å²) in [6, 6.07) is 5.77. The molecule has 1 aliphatic carbocycles. The summed E-state index contributed by atoms with van der Waals surface area (Å²) >= 11 is 0. The topological polar surface area (TPSA) is 86.8 Å². The normalized spacial score (nSPS) is 24.6. The summed E-state index contributed by atoms with van der Waals surface area (Å²) in [6.07, 6.45) is 5.03. The molecule has 3 rings (SSSR count). The van der Waals surface area contributed by atoms with Crippen LogP contribution in [0.1, 0.15) is 43.7 Å². The molecule has 2 fully saturated rings. The van der Waals surface area contributed by atoms with Gasteiger partial charge in [0.25, 0.3) is 0 Å². The van der Waals surface area contributed by atoms with Gasteiger partial charge < -0.3 is 5.32 Å². The van der Waals surface area contributed by atoms with Crippen LogP contribution >= 0.6 is 0 Å². The van der Waals surface area contributed by atoms with Crippen LogP contribution in [0.4, 0.5) is 5.69 Å². The molecule has 0 radical (unpaired) electrons. The third kappa shape index (κ3) is 3.93. The van der Waals surface area contributed by atoms with Gasteiger partial charge in [0, 0.05) is 18.3 Å². The number of anilines is 1. The van der Waals surface area contributed by atoms with E-state index in [-0.39, 0.29) is 25.0 Å². The van der Waals surface area contributed by atoms with Crippen molar-refractivity contribution in [3.05, 3.63) is 29.3 Å². The van der Waals surface area contributed by atoms with Crippen molar-refractivity contribution in [1.29, 1.82) is 0 Å². The van der Waals surface area contributed by atoms with Crippen molar-refractivity contribution in [2.24, 2.45) is 0 Å². The predicted molar refractivity (Wildman–Crippen MR) is 109 cm³/mol. The van der Waals surface area contributed by atoms with Gasteiger partial charge in [-0.2, -0.15) is 4.31 Å². The maximum atomic E-state index is 13.3. The van der Waals surface area contributed by atoms with Crippen LogP contribution in [0.15, 0.2) is 18.2 Å². The van der Waals surface area contributed by atoms with Crippen molar-refractivity contribution in [2.45, 2.75) is 58.0 Å². The molecule has 1 saturated heterocycles. The quantitative estimate of drug-likeness (QED) is 0.824. The number of benzene rings is 1. The Morgan fingerprint density at radius 3 is 2.43 bits per heavy atom. The van der Waals surface area contributed by atoms with Crippen LogP contribution in [-0.2, 0) is 19.6 Å². The fourth-order valence-corrected chi connectivity index (χ4v) is 5.07. The van der Waals surface area contributed by atoms with Crippen LogP contribution < -0.4 is 10.2 Å². The Kier molecular flexibility index (Phi) is 5.55. The van der Waals surface area contributed by atoms with Crippen LogP contribution in [0.5, 0.6) is 0 Å². The highest BCUT2D eigenvalue weighted by atomic mass is 32.2. The van der Waals surface area contributed by atoms with E-state index < -0.39 is 21.5 Å². The molecule has 0 unspecified atom stereocenters. The lowest BCUT2D eigenvalue weighted by Crippen LogP contribution is -2.70. The highest BCUT2D eigenvalue weighted by molar-refractivity contribution is 7.88. The number of piperazine rings is 1. The minimum absolute atomic E-state index is 0.0660. The van der Waals surface area contributed by atoms with E-state index in [0.717, 1.165) is 47.4 Å². The van der Waals surface area contributed by atoms with E-state index in [9.17, 15) is 18.0 Å². The average molecular weight is 408 g/mol. The van der Waals surface area contributed by atoms with Gasteiger partial charge in [-0.3, -0.25) is 14.5 Å². The zero-order valence-corrected chi connectivity index (χ0v) is 17.8. The minimum Gasteiger partial charge on any atom is -0.351 e. The number of sulfonamides is 1. The number of nitrogens with one attached hydrogen (secondary N) is 1. The molecule has 1 N–H and O–H groups in total. The molecule has 28 heavy (non-hydrogen) atoms. The molecule has 0 spiro atoms. The lowest BCUT2D eigenvalue weighted by molar-refractivity contribution is -0.133. The highest BCUT2D eigenvalue weighted by Crippen LogP contribution is 2.33. The van der Waals surface area contributed by atoms with Crippen LogP contribution in [0, 0.1) is 13.8 Å². The molecular weight excluding hydrogens is 378 g/mol. The second-order valence-corrected chi connectivity index (χ2v) is 10.3. The maximum absolute atomic E-state index is 13.3. The SMILES string of the molecule is Cc1ccc(N2C(=O)CN(S(C)(=O)=O)C[C@]2(C)C(=O)NC2CCCC2)c(C)c1. The molecule has 1 aromatic rings. The van der Waals surface area contributed by atoms with E-state index in [1.165, 1.54) is 4.90 Å².